The molecule has 0 aliphatic carbocycles. The van der Waals surface area contributed by atoms with Crippen molar-refractivity contribution in [3.05, 3.63) is 58.6 Å². The Hall–Kier alpha value is -3.26. The third-order valence-corrected chi connectivity index (χ3v) is 3.91. The molecule has 0 heterocycles. The first-order chi connectivity index (χ1) is 13.3. The number of carbonyl (C=O) groups is 3. The number of carbonyl (C=O) groups excluding carboxylic acids is 3. The van der Waals surface area contributed by atoms with Gasteiger partial charge in [0.1, 0.15) is 5.75 Å². The minimum Gasteiger partial charge on any atom is -0.496 e. The van der Waals surface area contributed by atoms with Crippen LogP contribution in [0, 0.1) is 0 Å². The minimum absolute atomic E-state index is 0.147. The van der Waals surface area contributed by atoms with E-state index in [4.69, 9.17) is 21.1 Å². The van der Waals surface area contributed by atoms with Crippen molar-refractivity contribution in [3.63, 3.8) is 0 Å². The summed E-state index contributed by atoms with van der Waals surface area (Å²) in [6.07, 6.45) is 0. The third kappa shape index (κ3) is 5.62. The Labute approximate surface area is 167 Å². The lowest BCUT2D eigenvalue weighted by Crippen LogP contribution is -2.43. The number of benzene rings is 2. The predicted molar refractivity (Wildman–Crippen MR) is 105 cm³/mol. The van der Waals surface area contributed by atoms with E-state index in [1.54, 1.807) is 30.3 Å². The first-order valence-corrected chi connectivity index (χ1v) is 8.57. The van der Waals surface area contributed by atoms with Crippen molar-refractivity contribution >= 4 is 35.1 Å². The Morgan fingerprint density at radius 3 is 2.32 bits per heavy atom. The minimum atomic E-state index is -0.701. The van der Waals surface area contributed by atoms with Crippen molar-refractivity contribution < 1.29 is 23.9 Å². The number of esters is 1. The highest BCUT2D eigenvalue weighted by Gasteiger charge is 2.15. The van der Waals surface area contributed by atoms with E-state index >= 15 is 0 Å². The van der Waals surface area contributed by atoms with Crippen molar-refractivity contribution in [2.75, 3.05) is 32.7 Å². The van der Waals surface area contributed by atoms with Gasteiger partial charge in [-0.3, -0.25) is 20.4 Å². The Morgan fingerprint density at radius 1 is 1.04 bits per heavy atom. The number of hydrogen-bond donors (Lipinski definition) is 2. The molecule has 0 aliphatic heterocycles. The Kier molecular flexibility index (Phi) is 7.22. The molecule has 0 radical (unpaired) electrons. The van der Waals surface area contributed by atoms with E-state index in [0.717, 1.165) is 5.69 Å². The van der Waals surface area contributed by atoms with Crippen LogP contribution in [0.25, 0.3) is 0 Å². The SMILES string of the molecule is COc1ccc(Cl)cc1C(=O)NNC(=O)COC(=O)c1ccc(N(C)C)cc1. The first kappa shape index (κ1) is 21.0. The summed E-state index contributed by atoms with van der Waals surface area (Å²) in [5.41, 5.74) is 5.75. The lowest BCUT2D eigenvalue weighted by molar-refractivity contribution is -0.125. The fraction of sp³-hybridized carbons (Fsp3) is 0.211. The van der Waals surface area contributed by atoms with Crippen LogP contribution in [0.4, 0.5) is 5.69 Å². The molecule has 0 aliphatic rings. The molecule has 0 spiro atoms. The van der Waals surface area contributed by atoms with Crippen LogP contribution in [-0.4, -0.2) is 45.6 Å². The summed E-state index contributed by atoms with van der Waals surface area (Å²) >= 11 is 5.87. The standard InChI is InChI=1S/C19H20ClN3O5/c1-23(2)14-7-4-12(5-8-14)19(26)28-11-17(24)21-22-18(25)15-10-13(20)6-9-16(15)27-3/h4-10H,11H2,1-3H3,(H,21,24)(H,22,25). The van der Waals surface area contributed by atoms with Crippen molar-refractivity contribution in [3.8, 4) is 5.75 Å². The first-order valence-electron chi connectivity index (χ1n) is 8.19. The van der Waals surface area contributed by atoms with E-state index in [1.165, 1.54) is 19.2 Å². The molecule has 28 heavy (non-hydrogen) atoms. The molecule has 0 saturated heterocycles. The molecule has 0 bridgehead atoms. The Balaban J connectivity index is 1.85. The van der Waals surface area contributed by atoms with Gasteiger partial charge in [-0.1, -0.05) is 11.6 Å². The lowest BCUT2D eigenvalue weighted by atomic mass is 10.2. The highest BCUT2D eigenvalue weighted by molar-refractivity contribution is 6.31. The number of methoxy groups -OCH3 is 1. The molecule has 148 valence electrons. The summed E-state index contributed by atoms with van der Waals surface area (Å²) in [4.78, 5) is 37.8. The Bertz CT molecular complexity index is 868. The second-order valence-corrected chi connectivity index (χ2v) is 6.30. The molecule has 0 unspecified atom stereocenters. The topological polar surface area (TPSA) is 97.0 Å². The Morgan fingerprint density at radius 2 is 1.71 bits per heavy atom. The summed E-state index contributed by atoms with van der Waals surface area (Å²) in [6, 6.07) is 11.2. The molecule has 0 aromatic heterocycles. The van der Waals surface area contributed by atoms with Crippen molar-refractivity contribution in [2.45, 2.75) is 0 Å². The van der Waals surface area contributed by atoms with Crippen LogP contribution in [0.15, 0.2) is 42.5 Å². The summed E-state index contributed by atoms with van der Waals surface area (Å²) in [7, 11) is 5.17. The smallest absolute Gasteiger partial charge is 0.338 e. The monoisotopic (exact) mass is 405 g/mol. The highest BCUT2D eigenvalue weighted by Crippen LogP contribution is 2.22. The van der Waals surface area contributed by atoms with Gasteiger partial charge in [-0.05, 0) is 42.5 Å². The quantitative estimate of drug-likeness (QED) is 0.564. The van der Waals surface area contributed by atoms with Crippen LogP contribution in [-0.2, 0) is 9.53 Å². The molecule has 8 nitrogen and oxygen atoms in total. The molecule has 0 saturated carbocycles. The summed E-state index contributed by atoms with van der Waals surface area (Å²) < 4.78 is 10.0. The summed E-state index contributed by atoms with van der Waals surface area (Å²) in [6.45, 7) is -0.554. The predicted octanol–water partition coefficient (Wildman–Crippen LogP) is 2.03. The zero-order chi connectivity index (χ0) is 20.7. The number of rotatable bonds is 6. The van der Waals surface area contributed by atoms with Crippen LogP contribution in [0.5, 0.6) is 5.75 Å². The number of amides is 2. The maximum atomic E-state index is 12.2. The van der Waals surface area contributed by atoms with Crippen molar-refractivity contribution in [1.29, 1.82) is 0 Å². The highest BCUT2D eigenvalue weighted by atomic mass is 35.5. The molecule has 2 aromatic carbocycles. The van der Waals surface area contributed by atoms with Crippen LogP contribution < -0.4 is 20.5 Å². The third-order valence-electron chi connectivity index (χ3n) is 3.68. The lowest BCUT2D eigenvalue weighted by Gasteiger charge is -2.12. The van der Waals surface area contributed by atoms with Crippen molar-refractivity contribution in [1.82, 2.24) is 10.9 Å². The maximum Gasteiger partial charge on any atom is 0.338 e. The zero-order valence-corrected chi connectivity index (χ0v) is 16.4. The fourth-order valence-electron chi connectivity index (χ4n) is 2.20. The fourth-order valence-corrected chi connectivity index (χ4v) is 2.37. The normalized spacial score (nSPS) is 10.0. The van der Waals surface area contributed by atoms with E-state index in [-0.39, 0.29) is 5.56 Å². The van der Waals surface area contributed by atoms with Crippen LogP contribution >= 0.6 is 11.6 Å². The van der Waals surface area contributed by atoms with Gasteiger partial charge in [0.25, 0.3) is 11.8 Å². The molecule has 0 atom stereocenters. The van der Waals surface area contributed by atoms with E-state index in [9.17, 15) is 14.4 Å². The molecule has 0 fully saturated rings. The average Bonchev–Trinajstić information content (AvgIpc) is 2.70. The zero-order valence-electron chi connectivity index (χ0n) is 15.6. The average molecular weight is 406 g/mol. The summed E-state index contributed by atoms with van der Waals surface area (Å²) in [5, 5.41) is 0.339. The van der Waals surface area contributed by atoms with Gasteiger partial charge in [0, 0.05) is 24.8 Å². The molecule has 2 N–H and O–H groups in total. The number of anilines is 1. The molecule has 2 aromatic rings. The number of halogens is 1. The van der Waals surface area contributed by atoms with E-state index in [2.05, 4.69) is 10.9 Å². The maximum absolute atomic E-state index is 12.2. The summed E-state index contributed by atoms with van der Waals surface area (Å²) in [5.74, 6) is -1.68. The van der Waals surface area contributed by atoms with Crippen LogP contribution in [0.2, 0.25) is 5.02 Å². The van der Waals surface area contributed by atoms with Gasteiger partial charge in [-0.15, -0.1) is 0 Å². The number of ether oxygens (including phenoxy) is 2. The van der Waals surface area contributed by atoms with Crippen LogP contribution in [0.1, 0.15) is 20.7 Å². The molecular weight excluding hydrogens is 386 g/mol. The van der Waals surface area contributed by atoms with Crippen molar-refractivity contribution in [2.24, 2.45) is 0 Å². The van der Waals surface area contributed by atoms with Gasteiger partial charge in [0.15, 0.2) is 6.61 Å². The van der Waals surface area contributed by atoms with E-state index in [1.807, 2.05) is 19.0 Å². The largest absolute Gasteiger partial charge is 0.496 e. The van der Waals surface area contributed by atoms with Gasteiger partial charge >= 0.3 is 5.97 Å². The van der Waals surface area contributed by atoms with Gasteiger partial charge in [-0.25, -0.2) is 4.79 Å². The second-order valence-electron chi connectivity index (χ2n) is 5.86. The van der Waals surface area contributed by atoms with Gasteiger partial charge in [0.2, 0.25) is 0 Å². The van der Waals surface area contributed by atoms with Gasteiger partial charge in [-0.2, -0.15) is 0 Å². The number of hydrogen-bond acceptors (Lipinski definition) is 6. The number of nitrogens with zero attached hydrogens (tertiary/aromatic N) is 1. The molecular formula is C19H20ClN3O5. The number of nitrogens with one attached hydrogen (secondary N) is 2. The van der Waals surface area contributed by atoms with Gasteiger partial charge in [0.05, 0.1) is 18.2 Å². The van der Waals surface area contributed by atoms with Crippen LogP contribution in [0.3, 0.4) is 0 Å². The molecule has 2 amide bonds. The molecule has 9 heteroatoms. The number of hydrazine groups is 1. The van der Waals surface area contributed by atoms with Gasteiger partial charge < -0.3 is 14.4 Å². The molecule has 2 rings (SSSR count). The van der Waals surface area contributed by atoms with E-state index < -0.39 is 24.4 Å². The van der Waals surface area contributed by atoms with E-state index in [0.29, 0.717) is 16.3 Å². The second kappa shape index (κ2) is 9.61.